The molecule has 12 heteroatoms. The van der Waals surface area contributed by atoms with Crippen molar-refractivity contribution < 1.29 is 28.5 Å². The lowest BCUT2D eigenvalue weighted by molar-refractivity contribution is -0.140. The SMILES string of the molecule is CC1(C(=O)O)C=Cc2nc(CN3CCC(Oc4ccnc(COc5ccc(Cl)cc5F)c4)CC3)n(C[C@@H]3CCO3)c2N1. The van der Waals surface area contributed by atoms with Gasteiger partial charge < -0.3 is 29.2 Å². The summed E-state index contributed by atoms with van der Waals surface area (Å²) in [4.78, 5) is 23.4. The number of likely N-dealkylation sites (tertiary alicyclic amines) is 1. The van der Waals surface area contributed by atoms with Crippen LogP contribution in [0.4, 0.5) is 10.2 Å². The Labute approximate surface area is 248 Å². The van der Waals surface area contributed by atoms with Gasteiger partial charge in [0.25, 0.3) is 0 Å². The fraction of sp³-hybridized carbons (Fsp3) is 0.433. The molecule has 6 rings (SSSR count). The largest absolute Gasteiger partial charge is 0.490 e. The van der Waals surface area contributed by atoms with E-state index in [4.69, 9.17) is 30.8 Å². The molecule has 2 aromatic heterocycles. The number of aromatic nitrogens is 3. The molecule has 2 N–H and O–H groups in total. The van der Waals surface area contributed by atoms with Crippen LogP contribution in [0.1, 0.15) is 43.4 Å². The van der Waals surface area contributed by atoms with Crippen LogP contribution >= 0.6 is 11.6 Å². The molecule has 1 unspecified atom stereocenters. The summed E-state index contributed by atoms with van der Waals surface area (Å²) in [6.45, 7) is 5.43. The van der Waals surface area contributed by atoms with Gasteiger partial charge in [0.15, 0.2) is 17.1 Å². The summed E-state index contributed by atoms with van der Waals surface area (Å²) in [5.74, 6) is 0.961. The fourth-order valence-corrected chi connectivity index (χ4v) is 5.46. The molecule has 3 aromatic rings. The molecule has 0 spiro atoms. The lowest BCUT2D eigenvalue weighted by Crippen LogP contribution is -2.44. The third kappa shape index (κ3) is 6.23. The van der Waals surface area contributed by atoms with Gasteiger partial charge in [0.05, 0.1) is 24.9 Å². The molecule has 0 bridgehead atoms. The number of nitrogens with one attached hydrogen (secondary N) is 1. The van der Waals surface area contributed by atoms with Gasteiger partial charge >= 0.3 is 5.97 Å². The summed E-state index contributed by atoms with van der Waals surface area (Å²) in [5, 5.41) is 13.3. The first-order valence-electron chi connectivity index (χ1n) is 14.1. The van der Waals surface area contributed by atoms with Crippen LogP contribution < -0.4 is 14.8 Å². The highest BCUT2D eigenvalue weighted by atomic mass is 35.5. The molecule has 2 atom stereocenters. The monoisotopic (exact) mass is 597 g/mol. The van der Waals surface area contributed by atoms with Crippen LogP contribution in [-0.2, 0) is 29.2 Å². The van der Waals surface area contributed by atoms with Gasteiger partial charge in [-0.3, -0.25) is 9.88 Å². The van der Waals surface area contributed by atoms with E-state index in [1.165, 1.54) is 12.1 Å². The number of carboxylic acids is 1. The molecule has 1 aromatic carbocycles. The van der Waals surface area contributed by atoms with Crippen molar-refractivity contribution >= 4 is 29.5 Å². The minimum Gasteiger partial charge on any atom is -0.490 e. The maximum Gasteiger partial charge on any atom is 0.333 e. The third-order valence-corrected chi connectivity index (χ3v) is 8.15. The number of rotatable bonds is 10. The van der Waals surface area contributed by atoms with E-state index in [2.05, 4.69) is 19.8 Å². The summed E-state index contributed by atoms with van der Waals surface area (Å²) in [5.41, 5.74) is 0.188. The van der Waals surface area contributed by atoms with Crippen LogP contribution in [0.2, 0.25) is 5.02 Å². The Bertz CT molecular complexity index is 1490. The first kappa shape index (κ1) is 28.4. The first-order chi connectivity index (χ1) is 20.3. The zero-order chi connectivity index (χ0) is 29.3. The minimum atomic E-state index is -1.19. The van der Waals surface area contributed by atoms with Crippen LogP contribution in [0, 0.1) is 5.82 Å². The van der Waals surface area contributed by atoms with Crippen molar-refractivity contribution in [3.05, 3.63) is 70.7 Å². The number of carboxylic acid groups (broad SMARTS) is 1. The standard InChI is InChI=1S/C30H33ClFN5O5/c1-30(29(38)39)9-4-25-28(35-30)37(16-23-8-13-40-23)27(34-25)17-36-11-6-21(7-12-36)42-22-5-10-33-20(15-22)18-41-26-3-2-19(31)14-24(26)32/h2-5,9-10,14-15,21,23,35H,6-8,11-13,16-18H2,1H3,(H,38,39)/t23-,30?/m0/s1. The van der Waals surface area contributed by atoms with Crippen molar-refractivity contribution in [2.45, 2.75) is 63.6 Å². The van der Waals surface area contributed by atoms with E-state index in [0.29, 0.717) is 29.6 Å². The quantitative estimate of drug-likeness (QED) is 0.342. The molecule has 10 nitrogen and oxygen atoms in total. The zero-order valence-electron chi connectivity index (χ0n) is 23.3. The normalized spacial score (nSPS) is 22.2. The summed E-state index contributed by atoms with van der Waals surface area (Å²) in [6, 6.07) is 7.91. The van der Waals surface area contributed by atoms with Crippen molar-refractivity contribution in [2.24, 2.45) is 0 Å². The van der Waals surface area contributed by atoms with Gasteiger partial charge in [-0.2, -0.15) is 0 Å². The number of nitrogens with zero attached hydrogens (tertiary/aromatic N) is 4. The van der Waals surface area contributed by atoms with E-state index in [-0.39, 0.29) is 24.6 Å². The number of piperidine rings is 1. The number of benzene rings is 1. The molecule has 42 heavy (non-hydrogen) atoms. The number of hydrogen-bond donors (Lipinski definition) is 2. The molecule has 2 saturated heterocycles. The zero-order valence-corrected chi connectivity index (χ0v) is 24.0. The lowest BCUT2D eigenvalue weighted by Gasteiger charge is -2.33. The number of anilines is 1. The highest BCUT2D eigenvalue weighted by molar-refractivity contribution is 6.30. The number of fused-ring (bicyclic) bond motifs is 1. The second kappa shape index (κ2) is 11.9. The summed E-state index contributed by atoms with van der Waals surface area (Å²) < 4.78 is 33.7. The van der Waals surface area contributed by atoms with Crippen LogP contribution in [-0.4, -0.2) is 68.0 Å². The Hall–Kier alpha value is -3.67. The number of ether oxygens (including phenoxy) is 3. The predicted molar refractivity (Wildman–Crippen MR) is 154 cm³/mol. The molecule has 0 radical (unpaired) electrons. The Morgan fingerprint density at radius 2 is 2.07 bits per heavy atom. The topological polar surface area (TPSA) is 111 Å². The van der Waals surface area contributed by atoms with Gasteiger partial charge in [-0.1, -0.05) is 11.6 Å². The number of carbonyl (C=O) groups is 1. The maximum absolute atomic E-state index is 14.0. The number of halogens is 2. The minimum absolute atomic E-state index is 0.0447. The molecule has 5 heterocycles. The average molecular weight is 598 g/mol. The van der Waals surface area contributed by atoms with E-state index in [9.17, 15) is 14.3 Å². The van der Waals surface area contributed by atoms with Gasteiger partial charge in [-0.25, -0.2) is 14.2 Å². The number of pyridine rings is 1. The summed E-state index contributed by atoms with van der Waals surface area (Å²) in [6.07, 6.45) is 7.90. The van der Waals surface area contributed by atoms with Gasteiger partial charge in [0.2, 0.25) is 0 Å². The molecule has 0 saturated carbocycles. The van der Waals surface area contributed by atoms with E-state index < -0.39 is 17.3 Å². The summed E-state index contributed by atoms with van der Waals surface area (Å²) in [7, 11) is 0. The van der Waals surface area contributed by atoms with Gasteiger partial charge in [-0.15, -0.1) is 0 Å². The third-order valence-electron chi connectivity index (χ3n) is 7.91. The average Bonchev–Trinajstić information content (AvgIpc) is 3.27. The number of imidazole rings is 1. The maximum atomic E-state index is 14.0. The highest BCUT2D eigenvalue weighted by Gasteiger charge is 2.37. The van der Waals surface area contributed by atoms with Gasteiger partial charge in [-0.05, 0) is 62.6 Å². The summed E-state index contributed by atoms with van der Waals surface area (Å²) >= 11 is 5.81. The molecule has 2 fully saturated rings. The number of aliphatic carboxylic acids is 1. The van der Waals surface area contributed by atoms with Crippen LogP contribution in [0.5, 0.6) is 11.5 Å². The second-order valence-corrected chi connectivity index (χ2v) is 11.5. The Balaban J connectivity index is 1.06. The lowest BCUT2D eigenvalue weighted by atomic mass is 9.99. The molecule has 0 aliphatic carbocycles. The van der Waals surface area contributed by atoms with Crippen LogP contribution in [0.3, 0.4) is 0 Å². The van der Waals surface area contributed by atoms with Crippen molar-refractivity contribution in [1.82, 2.24) is 19.4 Å². The second-order valence-electron chi connectivity index (χ2n) is 11.1. The van der Waals surface area contributed by atoms with Crippen LogP contribution in [0.25, 0.3) is 6.08 Å². The van der Waals surface area contributed by atoms with Crippen molar-refractivity contribution in [3.8, 4) is 11.5 Å². The Morgan fingerprint density at radius 3 is 2.79 bits per heavy atom. The molecule has 3 aliphatic heterocycles. The number of hydrogen-bond acceptors (Lipinski definition) is 8. The molecular formula is C30H33ClFN5O5. The van der Waals surface area contributed by atoms with E-state index in [0.717, 1.165) is 56.3 Å². The highest BCUT2D eigenvalue weighted by Crippen LogP contribution is 2.32. The molecule has 222 valence electrons. The van der Waals surface area contributed by atoms with Crippen molar-refractivity contribution in [1.29, 1.82) is 0 Å². The van der Waals surface area contributed by atoms with E-state index in [1.54, 1.807) is 31.3 Å². The Kier molecular flexibility index (Phi) is 8.06. The molecule has 0 amide bonds. The van der Waals surface area contributed by atoms with E-state index in [1.807, 2.05) is 12.1 Å². The fourth-order valence-electron chi connectivity index (χ4n) is 5.30. The van der Waals surface area contributed by atoms with E-state index >= 15 is 0 Å². The van der Waals surface area contributed by atoms with Gasteiger partial charge in [0, 0.05) is 37.0 Å². The Morgan fingerprint density at radius 1 is 1.26 bits per heavy atom. The molecule has 3 aliphatic rings. The first-order valence-corrected chi connectivity index (χ1v) is 14.5. The van der Waals surface area contributed by atoms with Gasteiger partial charge in [0.1, 0.15) is 35.8 Å². The smallest absolute Gasteiger partial charge is 0.333 e. The van der Waals surface area contributed by atoms with Crippen molar-refractivity contribution in [2.75, 3.05) is 25.0 Å². The molecular weight excluding hydrogens is 565 g/mol. The van der Waals surface area contributed by atoms with Crippen LogP contribution in [0.15, 0.2) is 42.6 Å². The van der Waals surface area contributed by atoms with Crippen molar-refractivity contribution in [3.63, 3.8) is 0 Å². The predicted octanol–water partition coefficient (Wildman–Crippen LogP) is 4.76.